The molecule has 0 fully saturated rings. The minimum Gasteiger partial charge on any atom is -0.455 e. The van der Waals surface area contributed by atoms with E-state index in [1.54, 1.807) is 0 Å². The van der Waals surface area contributed by atoms with Crippen molar-refractivity contribution >= 4 is 65.6 Å². The molecule has 0 saturated heterocycles. The highest BCUT2D eigenvalue weighted by Gasteiger charge is 2.19. The molecule has 0 radical (unpaired) electrons. The molecule has 0 bridgehead atoms. The van der Waals surface area contributed by atoms with Crippen molar-refractivity contribution in [2.24, 2.45) is 0 Å². The second-order valence-corrected chi connectivity index (χ2v) is 12.1. The van der Waals surface area contributed by atoms with Crippen molar-refractivity contribution in [1.29, 1.82) is 5.26 Å². The number of rotatable bonds is 3. The Hall–Kier alpha value is -6.57. The monoisotopic (exact) mass is 599 g/mol. The van der Waals surface area contributed by atoms with Crippen LogP contribution in [0.25, 0.3) is 88.1 Å². The Kier molecular flexibility index (Phi) is 5.32. The third-order valence-corrected chi connectivity index (χ3v) is 9.52. The average molecular weight is 600 g/mol. The van der Waals surface area contributed by atoms with Crippen LogP contribution in [0.1, 0.15) is 5.56 Å². The van der Waals surface area contributed by atoms with E-state index in [0.29, 0.717) is 5.56 Å². The lowest BCUT2D eigenvalue weighted by Crippen LogP contribution is -1.96. The van der Waals surface area contributed by atoms with Gasteiger partial charge in [0.15, 0.2) is 0 Å². The third kappa shape index (κ3) is 3.69. The summed E-state index contributed by atoms with van der Waals surface area (Å²) in [6, 6.07) is 55.3. The normalized spacial score (nSPS) is 11.8. The molecule has 10 aromatic rings. The fraction of sp³-hybridized carbons (Fsp3) is 0. The molecule has 218 valence electrons. The number of aromatic nitrogens is 2. The summed E-state index contributed by atoms with van der Waals surface area (Å²) in [7, 11) is 0. The van der Waals surface area contributed by atoms with Crippen molar-refractivity contribution in [2.45, 2.75) is 0 Å². The number of hydrogen-bond acceptors (Lipinski definition) is 2. The number of furan rings is 1. The van der Waals surface area contributed by atoms with Crippen LogP contribution in [0, 0.1) is 11.3 Å². The van der Waals surface area contributed by atoms with Gasteiger partial charge in [0, 0.05) is 38.3 Å². The van der Waals surface area contributed by atoms with Crippen molar-refractivity contribution in [1.82, 2.24) is 9.13 Å². The van der Waals surface area contributed by atoms with Crippen molar-refractivity contribution in [2.75, 3.05) is 0 Å². The van der Waals surface area contributed by atoms with Gasteiger partial charge in [0.2, 0.25) is 0 Å². The highest BCUT2D eigenvalue weighted by Crippen LogP contribution is 2.41. The summed E-state index contributed by atoms with van der Waals surface area (Å²) < 4.78 is 11.1. The van der Waals surface area contributed by atoms with E-state index < -0.39 is 0 Å². The van der Waals surface area contributed by atoms with Crippen LogP contribution >= 0.6 is 0 Å². The van der Waals surface area contributed by atoms with Crippen LogP contribution in [0.15, 0.2) is 156 Å². The molecule has 3 heterocycles. The zero-order valence-corrected chi connectivity index (χ0v) is 25.2. The van der Waals surface area contributed by atoms with Gasteiger partial charge in [0.1, 0.15) is 11.2 Å². The summed E-state index contributed by atoms with van der Waals surface area (Å²) in [5.41, 5.74) is 10.9. The van der Waals surface area contributed by atoms with Gasteiger partial charge in [-0.1, -0.05) is 84.9 Å². The number of fused-ring (bicyclic) bond motifs is 10. The lowest BCUT2D eigenvalue weighted by Gasteiger charge is -2.13. The minimum atomic E-state index is 0.611. The van der Waals surface area contributed by atoms with Crippen LogP contribution in [0.3, 0.4) is 0 Å². The first-order valence-electron chi connectivity index (χ1n) is 15.7. The Labute approximate surface area is 269 Å². The van der Waals surface area contributed by atoms with Gasteiger partial charge in [-0.3, -0.25) is 0 Å². The number of nitrogens with zero attached hydrogens (tertiary/aromatic N) is 3. The quantitative estimate of drug-likeness (QED) is 0.203. The summed E-state index contributed by atoms with van der Waals surface area (Å²) in [6.07, 6.45) is 0. The van der Waals surface area contributed by atoms with E-state index in [9.17, 15) is 5.26 Å². The molecule has 0 atom stereocenters. The summed E-state index contributed by atoms with van der Waals surface area (Å²) >= 11 is 0. The highest BCUT2D eigenvalue weighted by atomic mass is 16.3. The standard InChI is InChI=1S/C43H25N3O/c44-26-27-23-29(28-17-19-30(20-18-28)45-37-13-5-1-9-32(37)33-10-2-6-14-38(33)45)25-31(24-27)46-39-15-7-3-12-36(39)42-40(46)22-21-35-34-11-4-8-16-41(34)47-43(35)42/h1-25H. The number of para-hydroxylation sites is 4. The van der Waals surface area contributed by atoms with Gasteiger partial charge in [-0.2, -0.15) is 5.26 Å². The van der Waals surface area contributed by atoms with Gasteiger partial charge in [0.25, 0.3) is 0 Å². The van der Waals surface area contributed by atoms with Gasteiger partial charge in [-0.25, -0.2) is 0 Å². The molecule has 0 unspecified atom stereocenters. The molecule has 0 aliphatic carbocycles. The zero-order valence-electron chi connectivity index (χ0n) is 25.2. The van der Waals surface area contributed by atoms with Gasteiger partial charge in [-0.05, 0) is 77.9 Å². The van der Waals surface area contributed by atoms with Gasteiger partial charge in [-0.15, -0.1) is 0 Å². The van der Waals surface area contributed by atoms with Crippen LogP contribution in [0.4, 0.5) is 0 Å². The lowest BCUT2D eigenvalue weighted by atomic mass is 10.0. The maximum absolute atomic E-state index is 10.2. The third-order valence-electron chi connectivity index (χ3n) is 9.52. The Balaban J connectivity index is 1.16. The molecule has 7 aromatic carbocycles. The molecule has 0 aliphatic rings. The number of hydrogen-bond donors (Lipinski definition) is 0. The zero-order chi connectivity index (χ0) is 31.1. The molecular weight excluding hydrogens is 574 g/mol. The number of benzene rings is 7. The van der Waals surface area contributed by atoms with E-state index in [4.69, 9.17) is 4.42 Å². The molecule has 0 saturated carbocycles. The summed E-state index contributed by atoms with van der Waals surface area (Å²) in [5.74, 6) is 0. The Morgan fingerprint density at radius 1 is 0.447 bits per heavy atom. The van der Waals surface area contributed by atoms with E-state index in [1.807, 2.05) is 24.3 Å². The van der Waals surface area contributed by atoms with Crippen molar-refractivity contribution in [3.8, 4) is 28.6 Å². The van der Waals surface area contributed by atoms with Crippen LogP contribution in [-0.4, -0.2) is 9.13 Å². The molecule has 10 rings (SSSR count). The molecule has 0 spiro atoms. The average Bonchev–Trinajstić information content (AvgIpc) is 3.79. The van der Waals surface area contributed by atoms with Gasteiger partial charge >= 0.3 is 0 Å². The van der Waals surface area contributed by atoms with E-state index >= 15 is 0 Å². The first kappa shape index (κ1) is 25.7. The molecule has 47 heavy (non-hydrogen) atoms. The minimum absolute atomic E-state index is 0.611. The fourth-order valence-corrected chi connectivity index (χ4v) is 7.49. The maximum Gasteiger partial charge on any atom is 0.145 e. The molecule has 4 nitrogen and oxygen atoms in total. The summed E-state index contributed by atoms with van der Waals surface area (Å²) in [4.78, 5) is 0. The maximum atomic E-state index is 10.2. The van der Waals surface area contributed by atoms with E-state index in [1.165, 1.54) is 21.8 Å². The summed E-state index contributed by atoms with van der Waals surface area (Å²) in [6.45, 7) is 0. The van der Waals surface area contributed by atoms with Gasteiger partial charge in [0.05, 0.1) is 39.1 Å². The Bertz CT molecular complexity index is 2860. The second-order valence-electron chi connectivity index (χ2n) is 12.1. The van der Waals surface area contributed by atoms with Crippen LogP contribution in [0.2, 0.25) is 0 Å². The van der Waals surface area contributed by atoms with E-state index in [2.05, 4.69) is 143 Å². The molecule has 0 N–H and O–H groups in total. The predicted octanol–water partition coefficient (Wildman–Crippen LogP) is 11.3. The number of nitriles is 1. The van der Waals surface area contributed by atoms with Gasteiger partial charge < -0.3 is 13.6 Å². The first-order valence-corrected chi connectivity index (χ1v) is 15.7. The van der Waals surface area contributed by atoms with E-state index in [-0.39, 0.29) is 0 Å². The molecule has 3 aromatic heterocycles. The molecule has 0 amide bonds. The van der Waals surface area contributed by atoms with E-state index in [0.717, 1.165) is 66.2 Å². The molecular formula is C43H25N3O. The largest absolute Gasteiger partial charge is 0.455 e. The Morgan fingerprint density at radius 3 is 1.74 bits per heavy atom. The van der Waals surface area contributed by atoms with Crippen LogP contribution in [-0.2, 0) is 0 Å². The van der Waals surface area contributed by atoms with Crippen LogP contribution < -0.4 is 0 Å². The predicted molar refractivity (Wildman–Crippen MR) is 193 cm³/mol. The lowest BCUT2D eigenvalue weighted by molar-refractivity contribution is 0.673. The highest BCUT2D eigenvalue weighted by molar-refractivity contribution is 6.23. The molecule has 4 heteroatoms. The molecule has 0 aliphatic heterocycles. The van der Waals surface area contributed by atoms with Crippen molar-refractivity contribution < 1.29 is 4.42 Å². The van der Waals surface area contributed by atoms with Crippen molar-refractivity contribution in [3.63, 3.8) is 0 Å². The smallest absolute Gasteiger partial charge is 0.145 e. The van der Waals surface area contributed by atoms with Crippen LogP contribution in [0.5, 0.6) is 0 Å². The topological polar surface area (TPSA) is 46.8 Å². The first-order chi connectivity index (χ1) is 23.3. The van der Waals surface area contributed by atoms with Crippen molar-refractivity contribution in [3.05, 3.63) is 157 Å². The summed E-state index contributed by atoms with van der Waals surface area (Å²) in [5, 5.41) is 17.1. The SMILES string of the molecule is N#Cc1cc(-c2ccc(-n3c4ccccc4c4ccccc43)cc2)cc(-n2c3ccccc3c3c4oc5ccccc5c4ccc32)c1. The fourth-order valence-electron chi connectivity index (χ4n) is 7.49. The second kappa shape index (κ2) is 9.71. The Morgan fingerprint density at radius 2 is 1.04 bits per heavy atom.